The summed E-state index contributed by atoms with van der Waals surface area (Å²) in [5.41, 5.74) is 3.22. The lowest BCUT2D eigenvalue weighted by Gasteiger charge is -2.18. The summed E-state index contributed by atoms with van der Waals surface area (Å²) in [6.45, 7) is 0. The van der Waals surface area contributed by atoms with Crippen LogP contribution in [0.25, 0.3) is 11.0 Å². The Kier molecular flexibility index (Phi) is 6.09. The number of para-hydroxylation sites is 2. The second-order valence-corrected chi connectivity index (χ2v) is 7.46. The Morgan fingerprint density at radius 1 is 1.06 bits per heavy atom. The topological polar surface area (TPSA) is 76.2 Å². The van der Waals surface area contributed by atoms with Crippen molar-refractivity contribution in [1.29, 1.82) is 0 Å². The zero-order valence-electron chi connectivity index (χ0n) is 17.2. The van der Waals surface area contributed by atoms with Gasteiger partial charge in [-0.1, -0.05) is 54.1 Å². The zero-order chi connectivity index (χ0) is 21.8. The number of rotatable bonds is 7. The van der Waals surface area contributed by atoms with Crippen molar-refractivity contribution < 1.29 is 14.3 Å². The minimum absolute atomic E-state index is 0.288. The highest BCUT2D eigenvalue weighted by Gasteiger charge is 2.22. The van der Waals surface area contributed by atoms with Crippen LogP contribution in [0.2, 0.25) is 5.02 Å². The molecule has 0 aliphatic heterocycles. The molecule has 0 unspecified atom stereocenters. The number of imidazole rings is 1. The average molecular weight is 436 g/mol. The standard InChI is InChI=1S/C24H22ClN3O3/c1-30-21-14-16(13-17(25)22(21)31-2)24(29)28-20(12-15-8-4-3-5-9-15)23-26-18-10-6-7-11-19(18)27-23/h3-11,13-14,20H,12H2,1-2H3,(H,26,27)(H,28,29)/t20-/m0/s1. The van der Waals surface area contributed by atoms with Crippen LogP contribution in [0.4, 0.5) is 0 Å². The molecule has 158 valence electrons. The summed E-state index contributed by atoms with van der Waals surface area (Å²) in [6, 6.07) is 20.5. The van der Waals surface area contributed by atoms with Crippen molar-refractivity contribution >= 4 is 28.5 Å². The van der Waals surface area contributed by atoms with Gasteiger partial charge in [0, 0.05) is 5.56 Å². The summed E-state index contributed by atoms with van der Waals surface area (Å²) in [6.07, 6.45) is 0.577. The molecule has 3 aromatic carbocycles. The molecule has 0 fully saturated rings. The molecule has 0 saturated carbocycles. The Labute approximate surface area is 185 Å². The van der Waals surface area contributed by atoms with E-state index in [2.05, 4.69) is 10.3 Å². The van der Waals surface area contributed by atoms with Gasteiger partial charge in [0.05, 0.1) is 36.3 Å². The molecule has 0 saturated heterocycles. The van der Waals surface area contributed by atoms with Gasteiger partial charge in [0.15, 0.2) is 11.5 Å². The molecule has 1 aromatic heterocycles. The van der Waals surface area contributed by atoms with Crippen LogP contribution in [0.1, 0.15) is 27.8 Å². The molecule has 1 amide bonds. The lowest BCUT2D eigenvalue weighted by atomic mass is 10.0. The summed E-state index contributed by atoms with van der Waals surface area (Å²) in [7, 11) is 3.00. The van der Waals surface area contributed by atoms with Crippen LogP contribution in [0.3, 0.4) is 0 Å². The molecule has 0 aliphatic rings. The van der Waals surface area contributed by atoms with Gasteiger partial charge < -0.3 is 19.8 Å². The number of ether oxygens (including phenoxy) is 2. The van der Waals surface area contributed by atoms with Crippen molar-refractivity contribution in [1.82, 2.24) is 15.3 Å². The second kappa shape index (κ2) is 9.10. The van der Waals surface area contributed by atoms with E-state index in [4.69, 9.17) is 26.1 Å². The van der Waals surface area contributed by atoms with Gasteiger partial charge in [-0.05, 0) is 36.2 Å². The van der Waals surface area contributed by atoms with Crippen molar-refractivity contribution in [2.24, 2.45) is 0 Å². The largest absolute Gasteiger partial charge is 0.493 e. The number of aromatic nitrogens is 2. The zero-order valence-corrected chi connectivity index (χ0v) is 17.9. The number of amides is 1. The Hall–Kier alpha value is -3.51. The maximum atomic E-state index is 13.1. The van der Waals surface area contributed by atoms with Crippen LogP contribution in [0, 0.1) is 0 Å². The van der Waals surface area contributed by atoms with Gasteiger partial charge in [-0.2, -0.15) is 0 Å². The van der Waals surface area contributed by atoms with Crippen LogP contribution in [-0.2, 0) is 6.42 Å². The number of methoxy groups -OCH3 is 2. The third-order valence-corrected chi connectivity index (χ3v) is 5.30. The first kappa shape index (κ1) is 20.8. The molecule has 0 radical (unpaired) electrons. The van der Waals surface area contributed by atoms with E-state index in [0.717, 1.165) is 16.6 Å². The number of nitrogens with zero attached hydrogens (tertiary/aromatic N) is 1. The third kappa shape index (κ3) is 4.49. The number of fused-ring (bicyclic) bond motifs is 1. The van der Waals surface area contributed by atoms with Crippen LogP contribution in [-0.4, -0.2) is 30.1 Å². The number of H-pyrrole nitrogens is 1. The second-order valence-electron chi connectivity index (χ2n) is 7.05. The Morgan fingerprint density at radius 3 is 2.52 bits per heavy atom. The molecule has 0 aliphatic carbocycles. The van der Waals surface area contributed by atoms with Gasteiger partial charge in [-0.25, -0.2) is 4.98 Å². The minimum Gasteiger partial charge on any atom is -0.493 e. The first-order valence-corrected chi connectivity index (χ1v) is 10.2. The van der Waals surface area contributed by atoms with Gasteiger partial charge in [-0.3, -0.25) is 4.79 Å². The molecule has 2 N–H and O–H groups in total. The fraction of sp³-hybridized carbons (Fsp3) is 0.167. The molecule has 6 nitrogen and oxygen atoms in total. The van der Waals surface area contributed by atoms with Crippen LogP contribution in [0.5, 0.6) is 11.5 Å². The summed E-state index contributed by atoms with van der Waals surface area (Å²) < 4.78 is 10.6. The molecular weight excluding hydrogens is 414 g/mol. The third-order valence-electron chi connectivity index (χ3n) is 5.02. The Morgan fingerprint density at radius 2 is 1.81 bits per heavy atom. The number of nitrogens with one attached hydrogen (secondary N) is 2. The van der Waals surface area contributed by atoms with Crippen molar-refractivity contribution in [2.75, 3.05) is 14.2 Å². The summed E-state index contributed by atoms with van der Waals surface area (Å²) >= 11 is 6.29. The predicted molar refractivity (Wildman–Crippen MR) is 121 cm³/mol. The Balaban J connectivity index is 1.67. The fourth-order valence-corrected chi connectivity index (χ4v) is 3.78. The van der Waals surface area contributed by atoms with Crippen LogP contribution >= 0.6 is 11.6 Å². The van der Waals surface area contributed by atoms with Crippen molar-refractivity contribution in [2.45, 2.75) is 12.5 Å². The number of carbonyl (C=O) groups is 1. The van der Waals surface area contributed by atoms with Crippen LogP contribution in [0.15, 0.2) is 66.7 Å². The first-order valence-electron chi connectivity index (χ1n) is 9.80. The van der Waals surface area contributed by atoms with E-state index in [1.807, 2.05) is 54.6 Å². The maximum Gasteiger partial charge on any atom is 0.252 e. The smallest absolute Gasteiger partial charge is 0.252 e. The lowest BCUT2D eigenvalue weighted by molar-refractivity contribution is 0.0934. The molecule has 0 spiro atoms. The number of hydrogen-bond donors (Lipinski definition) is 2. The maximum absolute atomic E-state index is 13.1. The van der Waals surface area contributed by atoms with Gasteiger partial charge in [-0.15, -0.1) is 0 Å². The van der Waals surface area contributed by atoms with Gasteiger partial charge in [0.2, 0.25) is 0 Å². The SMILES string of the molecule is COc1cc(C(=O)N[C@@H](Cc2ccccc2)c2nc3ccccc3[nH]2)cc(Cl)c1OC. The highest BCUT2D eigenvalue weighted by atomic mass is 35.5. The van der Waals surface area contributed by atoms with E-state index in [1.54, 1.807) is 12.1 Å². The molecule has 31 heavy (non-hydrogen) atoms. The number of halogens is 1. The average Bonchev–Trinajstić information content (AvgIpc) is 3.23. The molecule has 1 atom stereocenters. The predicted octanol–water partition coefficient (Wildman–Crippen LogP) is 4.95. The molecule has 0 bridgehead atoms. The number of carbonyl (C=O) groups excluding carboxylic acids is 1. The highest BCUT2D eigenvalue weighted by Crippen LogP contribution is 2.36. The molecule has 4 rings (SSSR count). The lowest BCUT2D eigenvalue weighted by Crippen LogP contribution is -2.30. The van der Waals surface area contributed by atoms with E-state index in [9.17, 15) is 4.79 Å². The van der Waals surface area contributed by atoms with Gasteiger partial charge in [0.1, 0.15) is 5.82 Å². The monoisotopic (exact) mass is 435 g/mol. The molecular formula is C24H22ClN3O3. The van der Waals surface area contributed by atoms with E-state index in [-0.39, 0.29) is 11.9 Å². The van der Waals surface area contributed by atoms with Gasteiger partial charge >= 0.3 is 0 Å². The fourth-order valence-electron chi connectivity index (χ4n) is 3.49. The molecule has 7 heteroatoms. The normalized spacial score (nSPS) is 11.8. The quantitative estimate of drug-likeness (QED) is 0.430. The van der Waals surface area contributed by atoms with Crippen molar-refractivity contribution in [3.8, 4) is 11.5 Å². The molecule has 4 aromatic rings. The number of aromatic amines is 1. The van der Waals surface area contributed by atoms with Crippen molar-refractivity contribution in [3.05, 3.63) is 88.7 Å². The number of benzene rings is 3. The summed E-state index contributed by atoms with van der Waals surface area (Å²) in [4.78, 5) is 21.2. The Bertz CT molecular complexity index is 1170. The summed E-state index contributed by atoms with van der Waals surface area (Å²) in [5.74, 6) is 1.18. The first-order chi connectivity index (χ1) is 15.1. The van der Waals surface area contributed by atoms with E-state index in [1.165, 1.54) is 14.2 Å². The number of hydrogen-bond acceptors (Lipinski definition) is 4. The van der Waals surface area contributed by atoms with Gasteiger partial charge in [0.25, 0.3) is 5.91 Å². The van der Waals surface area contributed by atoms with Crippen LogP contribution < -0.4 is 14.8 Å². The van der Waals surface area contributed by atoms with Crippen molar-refractivity contribution in [3.63, 3.8) is 0 Å². The van der Waals surface area contributed by atoms with E-state index in [0.29, 0.717) is 34.3 Å². The van der Waals surface area contributed by atoms with E-state index >= 15 is 0 Å². The highest BCUT2D eigenvalue weighted by molar-refractivity contribution is 6.32. The van der Waals surface area contributed by atoms with E-state index < -0.39 is 0 Å². The minimum atomic E-state index is -0.367. The summed E-state index contributed by atoms with van der Waals surface area (Å²) in [5, 5.41) is 3.39. The molecule has 1 heterocycles.